The minimum atomic E-state index is -1.000. The van der Waals surface area contributed by atoms with Crippen molar-refractivity contribution in [2.24, 2.45) is 0 Å². The first-order valence-corrected chi connectivity index (χ1v) is 12.7. The molecule has 4 aromatic rings. The molecule has 0 spiro atoms. The van der Waals surface area contributed by atoms with Gasteiger partial charge in [0.1, 0.15) is 5.75 Å². The molecule has 35 heavy (non-hydrogen) atoms. The van der Waals surface area contributed by atoms with Crippen molar-refractivity contribution >= 4 is 34.8 Å². The average Bonchev–Trinajstić information content (AvgIpc) is 3.30. The maximum atomic E-state index is 11.0. The zero-order valence-electron chi connectivity index (χ0n) is 18.5. The van der Waals surface area contributed by atoms with Crippen molar-refractivity contribution in [2.45, 2.75) is 22.9 Å². The summed E-state index contributed by atoms with van der Waals surface area (Å²) in [6.45, 7) is -0.365. The zero-order chi connectivity index (χ0) is 24.4. The van der Waals surface area contributed by atoms with E-state index in [0.717, 1.165) is 50.7 Å². The highest BCUT2D eigenvalue weighted by atomic mass is 32.2. The van der Waals surface area contributed by atoms with Crippen LogP contribution in [0.1, 0.15) is 16.0 Å². The number of carboxylic acid groups (broad SMARTS) is 1. The largest absolute Gasteiger partial charge is 0.482 e. The lowest BCUT2D eigenvalue weighted by atomic mass is 9.93. The van der Waals surface area contributed by atoms with Crippen LogP contribution < -0.4 is 4.74 Å². The Balaban J connectivity index is 1.36. The smallest absolute Gasteiger partial charge is 0.341 e. The molecule has 0 amide bonds. The molecule has 5 rings (SSSR count). The molecular weight excluding hydrogens is 484 g/mol. The molecule has 0 bridgehead atoms. The lowest BCUT2D eigenvalue weighted by Gasteiger charge is -2.18. The Hall–Kier alpha value is -3.69. The fourth-order valence-electron chi connectivity index (χ4n) is 4.16. The van der Waals surface area contributed by atoms with Crippen molar-refractivity contribution < 1.29 is 19.6 Å². The standard InChI is InChI=1S/C26H20N2O5S2/c29-24(30)14-33-22-7-3-6-21-20(22)12-13-23-25(21)27-26(35-23)34-15-17-4-1-2-5-19(17)16-8-10-18(11-9-16)28(31)32/h1-11H,12-15H2,(H,29,30). The summed E-state index contributed by atoms with van der Waals surface area (Å²) in [7, 11) is 0. The minimum absolute atomic E-state index is 0.0748. The number of aromatic nitrogens is 1. The quantitative estimate of drug-likeness (QED) is 0.172. The highest BCUT2D eigenvalue weighted by Crippen LogP contribution is 2.43. The Morgan fingerprint density at radius 3 is 2.60 bits per heavy atom. The van der Waals surface area contributed by atoms with Gasteiger partial charge >= 0.3 is 5.97 Å². The number of rotatable bonds is 8. The molecule has 0 saturated heterocycles. The van der Waals surface area contributed by atoms with E-state index in [1.165, 1.54) is 17.0 Å². The Bertz CT molecular complexity index is 1420. The van der Waals surface area contributed by atoms with Crippen molar-refractivity contribution in [2.75, 3.05) is 6.61 Å². The monoisotopic (exact) mass is 504 g/mol. The molecule has 1 aromatic heterocycles. The molecule has 9 heteroatoms. The molecule has 3 aromatic carbocycles. The fraction of sp³-hybridized carbons (Fsp3) is 0.154. The molecule has 1 aliphatic rings. The Labute approximate surface area is 209 Å². The van der Waals surface area contributed by atoms with Gasteiger partial charge in [-0.05, 0) is 47.7 Å². The summed E-state index contributed by atoms with van der Waals surface area (Å²) in [6.07, 6.45) is 1.63. The van der Waals surface area contributed by atoms with Crippen LogP contribution in [-0.2, 0) is 23.4 Å². The molecule has 176 valence electrons. The van der Waals surface area contributed by atoms with Gasteiger partial charge in [0, 0.05) is 33.9 Å². The van der Waals surface area contributed by atoms with Gasteiger partial charge in [-0.3, -0.25) is 10.1 Å². The van der Waals surface area contributed by atoms with Crippen LogP contribution in [0.4, 0.5) is 5.69 Å². The summed E-state index contributed by atoms with van der Waals surface area (Å²) in [5.41, 5.74) is 6.14. The summed E-state index contributed by atoms with van der Waals surface area (Å²) < 4.78 is 6.47. The Kier molecular flexibility index (Phi) is 6.52. The molecule has 0 fully saturated rings. The molecule has 1 heterocycles. The summed E-state index contributed by atoms with van der Waals surface area (Å²) in [6, 6.07) is 20.4. The second-order valence-corrected chi connectivity index (χ2v) is 10.3. The van der Waals surface area contributed by atoms with E-state index in [0.29, 0.717) is 11.5 Å². The van der Waals surface area contributed by atoms with E-state index < -0.39 is 10.9 Å². The van der Waals surface area contributed by atoms with E-state index in [4.69, 9.17) is 14.8 Å². The molecule has 1 N–H and O–H groups in total. The number of thioether (sulfide) groups is 1. The molecule has 0 atom stereocenters. The number of benzene rings is 3. The molecule has 0 unspecified atom stereocenters. The predicted octanol–water partition coefficient (Wildman–Crippen LogP) is 6.24. The second-order valence-electron chi connectivity index (χ2n) is 7.97. The number of nitrogens with zero attached hydrogens (tertiary/aromatic N) is 2. The van der Waals surface area contributed by atoms with Crippen LogP contribution in [0.3, 0.4) is 0 Å². The van der Waals surface area contributed by atoms with Gasteiger partial charge in [0.05, 0.1) is 10.6 Å². The number of hydrogen-bond acceptors (Lipinski definition) is 7. The maximum Gasteiger partial charge on any atom is 0.341 e. The summed E-state index contributed by atoms with van der Waals surface area (Å²) in [4.78, 5) is 27.6. The normalized spacial score (nSPS) is 12.0. The molecule has 0 saturated carbocycles. The van der Waals surface area contributed by atoms with Crippen molar-refractivity contribution in [1.29, 1.82) is 0 Å². The van der Waals surface area contributed by atoms with E-state index in [-0.39, 0.29) is 12.3 Å². The highest BCUT2D eigenvalue weighted by Gasteiger charge is 2.24. The number of nitro benzene ring substituents is 1. The number of aryl methyl sites for hydroxylation is 1. The molecule has 0 aliphatic heterocycles. The number of non-ortho nitro benzene ring substituents is 1. The third kappa shape index (κ3) is 4.91. The van der Waals surface area contributed by atoms with Gasteiger partial charge in [-0.2, -0.15) is 0 Å². The molecule has 7 nitrogen and oxygen atoms in total. The van der Waals surface area contributed by atoms with E-state index in [2.05, 4.69) is 6.07 Å². The van der Waals surface area contributed by atoms with Crippen LogP contribution in [0, 0.1) is 10.1 Å². The number of carbonyl (C=O) groups is 1. The van der Waals surface area contributed by atoms with Crippen molar-refractivity contribution in [3.8, 4) is 28.1 Å². The molecule has 0 radical (unpaired) electrons. The van der Waals surface area contributed by atoms with Crippen LogP contribution in [0.15, 0.2) is 71.1 Å². The maximum absolute atomic E-state index is 11.0. The van der Waals surface area contributed by atoms with Crippen molar-refractivity contribution in [3.63, 3.8) is 0 Å². The third-order valence-corrected chi connectivity index (χ3v) is 8.08. The predicted molar refractivity (Wildman–Crippen MR) is 136 cm³/mol. The van der Waals surface area contributed by atoms with E-state index >= 15 is 0 Å². The lowest BCUT2D eigenvalue weighted by Crippen LogP contribution is -2.12. The van der Waals surface area contributed by atoms with Gasteiger partial charge in [0.2, 0.25) is 0 Å². The molecule has 1 aliphatic carbocycles. The Morgan fingerprint density at radius 2 is 1.83 bits per heavy atom. The van der Waals surface area contributed by atoms with E-state index in [1.54, 1.807) is 35.2 Å². The lowest BCUT2D eigenvalue weighted by molar-refractivity contribution is -0.384. The van der Waals surface area contributed by atoms with Gasteiger partial charge in [-0.25, -0.2) is 9.78 Å². The van der Waals surface area contributed by atoms with Crippen LogP contribution >= 0.6 is 23.1 Å². The third-order valence-electron chi connectivity index (χ3n) is 5.78. The first kappa shape index (κ1) is 23.1. The fourth-order valence-corrected chi connectivity index (χ4v) is 6.37. The summed E-state index contributed by atoms with van der Waals surface area (Å²) >= 11 is 3.36. The van der Waals surface area contributed by atoms with Crippen molar-refractivity contribution in [1.82, 2.24) is 4.98 Å². The number of hydrogen-bond donors (Lipinski definition) is 1. The second kappa shape index (κ2) is 9.89. The summed E-state index contributed by atoms with van der Waals surface area (Å²) in [5.74, 6) is 0.323. The summed E-state index contributed by atoms with van der Waals surface area (Å²) in [5, 5.41) is 19.9. The van der Waals surface area contributed by atoms with Crippen LogP contribution in [0.5, 0.6) is 5.75 Å². The number of ether oxygens (including phenoxy) is 1. The minimum Gasteiger partial charge on any atom is -0.482 e. The topological polar surface area (TPSA) is 103 Å². The van der Waals surface area contributed by atoms with Crippen LogP contribution in [-0.4, -0.2) is 27.6 Å². The van der Waals surface area contributed by atoms with E-state index in [1.807, 2.05) is 36.4 Å². The SMILES string of the molecule is O=C(O)COc1cccc2c1CCc1sc(SCc3ccccc3-c3ccc([N+](=O)[O-])cc3)nc1-2. The van der Waals surface area contributed by atoms with Gasteiger partial charge < -0.3 is 9.84 Å². The van der Waals surface area contributed by atoms with Gasteiger partial charge in [0.25, 0.3) is 5.69 Å². The van der Waals surface area contributed by atoms with Gasteiger partial charge in [-0.1, -0.05) is 48.2 Å². The van der Waals surface area contributed by atoms with E-state index in [9.17, 15) is 14.9 Å². The number of nitro groups is 1. The number of carboxylic acids is 1. The molecular formula is C26H20N2O5S2. The van der Waals surface area contributed by atoms with Crippen molar-refractivity contribution in [3.05, 3.63) is 92.8 Å². The average molecular weight is 505 g/mol. The highest BCUT2D eigenvalue weighted by molar-refractivity contribution is 8.00. The number of aliphatic carboxylic acids is 1. The first-order valence-electron chi connectivity index (χ1n) is 10.9. The first-order chi connectivity index (χ1) is 17.0. The zero-order valence-corrected chi connectivity index (χ0v) is 20.1. The van der Waals surface area contributed by atoms with Gasteiger partial charge in [0.15, 0.2) is 10.9 Å². The number of fused-ring (bicyclic) bond motifs is 3. The number of thiazole rings is 1. The Morgan fingerprint density at radius 1 is 1.06 bits per heavy atom. The van der Waals surface area contributed by atoms with Crippen LogP contribution in [0.25, 0.3) is 22.4 Å². The van der Waals surface area contributed by atoms with Crippen LogP contribution in [0.2, 0.25) is 0 Å². The van der Waals surface area contributed by atoms with Gasteiger partial charge in [-0.15, -0.1) is 11.3 Å².